The predicted octanol–water partition coefficient (Wildman–Crippen LogP) is 2.28. The first kappa shape index (κ1) is 19.4. The fourth-order valence-electron chi connectivity index (χ4n) is 5.59. The average Bonchev–Trinajstić information content (AvgIpc) is 2.60. The van der Waals surface area contributed by atoms with Crippen LogP contribution in [-0.2, 0) is 24.3 Å². The summed E-state index contributed by atoms with van der Waals surface area (Å²) in [7, 11) is -3.78. The minimum absolute atomic E-state index is 0.0353. The topological polar surface area (TPSA) is 116 Å². The molecule has 1 amide bonds. The maximum Gasteiger partial charge on any atom is 0.310 e. The highest BCUT2D eigenvalue weighted by Gasteiger charge is 2.51. The number of sulfonamides is 1. The molecule has 8 heteroatoms. The van der Waals surface area contributed by atoms with E-state index >= 15 is 0 Å². The first-order valence-electron chi connectivity index (χ1n) is 9.85. The molecule has 1 atom stereocenters. The molecule has 3 N–H and O–H groups in total. The van der Waals surface area contributed by atoms with Crippen molar-refractivity contribution < 1.29 is 22.7 Å². The summed E-state index contributed by atoms with van der Waals surface area (Å²) in [5.41, 5.74) is 0.412. The summed E-state index contributed by atoms with van der Waals surface area (Å²) in [6.45, 7) is 1.56. The molecule has 0 heterocycles. The first-order chi connectivity index (χ1) is 13.2. The SMILES string of the molecule is C[C@H](OC(=O)C1C2CC3CC(C2)CC1C3)C(=O)Nc1ccc(S(N)(=O)=O)cc1. The molecule has 152 valence electrons. The van der Waals surface area contributed by atoms with Crippen molar-refractivity contribution in [2.45, 2.75) is 50.0 Å². The molecule has 0 aromatic heterocycles. The van der Waals surface area contributed by atoms with Crippen molar-refractivity contribution >= 4 is 27.6 Å². The number of primary sulfonamides is 1. The third kappa shape index (κ3) is 3.80. The standard InChI is InChI=1S/C20H26N2O5S/c1-11(19(23)22-16-2-4-17(5-3-16)28(21,25)26)27-20(24)18-14-7-12-6-13(9-14)10-15(18)8-12/h2-5,11-15,18H,6-10H2,1H3,(H,22,23)(H2,21,25,26)/t11-,12?,13?,14?,15?,18?/m0/s1. The van der Waals surface area contributed by atoms with Gasteiger partial charge in [-0.25, -0.2) is 13.6 Å². The summed E-state index contributed by atoms with van der Waals surface area (Å²) >= 11 is 0. The van der Waals surface area contributed by atoms with E-state index < -0.39 is 22.0 Å². The molecule has 4 aliphatic carbocycles. The van der Waals surface area contributed by atoms with Gasteiger partial charge in [0.05, 0.1) is 10.8 Å². The van der Waals surface area contributed by atoms with Crippen LogP contribution in [0.4, 0.5) is 5.69 Å². The van der Waals surface area contributed by atoms with E-state index in [9.17, 15) is 18.0 Å². The second kappa shape index (κ2) is 7.15. The van der Waals surface area contributed by atoms with Crippen LogP contribution < -0.4 is 10.5 Å². The van der Waals surface area contributed by atoms with Gasteiger partial charge in [-0.15, -0.1) is 0 Å². The number of rotatable bonds is 5. The monoisotopic (exact) mass is 406 g/mol. The van der Waals surface area contributed by atoms with E-state index in [0.717, 1.165) is 37.5 Å². The van der Waals surface area contributed by atoms with Gasteiger partial charge in [-0.1, -0.05) is 0 Å². The summed E-state index contributed by atoms with van der Waals surface area (Å²) in [5, 5.41) is 7.70. The number of nitrogens with two attached hydrogens (primary N) is 1. The van der Waals surface area contributed by atoms with Crippen LogP contribution in [0.2, 0.25) is 0 Å². The van der Waals surface area contributed by atoms with E-state index in [4.69, 9.17) is 9.88 Å². The van der Waals surface area contributed by atoms with Crippen molar-refractivity contribution in [1.82, 2.24) is 0 Å². The zero-order chi connectivity index (χ0) is 20.1. The number of anilines is 1. The molecule has 4 bridgehead atoms. The molecule has 4 saturated carbocycles. The van der Waals surface area contributed by atoms with Gasteiger partial charge in [-0.3, -0.25) is 9.59 Å². The molecule has 28 heavy (non-hydrogen) atoms. The number of esters is 1. The fourth-order valence-corrected chi connectivity index (χ4v) is 6.10. The van der Waals surface area contributed by atoms with E-state index in [0.29, 0.717) is 17.5 Å². The number of ether oxygens (including phenoxy) is 1. The Morgan fingerprint density at radius 2 is 1.57 bits per heavy atom. The smallest absolute Gasteiger partial charge is 0.310 e. The van der Waals surface area contributed by atoms with Crippen LogP contribution in [0.3, 0.4) is 0 Å². The first-order valence-corrected chi connectivity index (χ1v) is 11.4. The number of amides is 1. The van der Waals surface area contributed by atoms with Crippen molar-refractivity contribution in [3.05, 3.63) is 24.3 Å². The summed E-state index contributed by atoms with van der Waals surface area (Å²) in [6.07, 6.45) is 4.86. The van der Waals surface area contributed by atoms with Gasteiger partial charge in [0, 0.05) is 5.69 Å². The fraction of sp³-hybridized carbons (Fsp3) is 0.600. The molecule has 0 spiro atoms. The Morgan fingerprint density at radius 1 is 1.04 bits per heavy atom. The molecule has 1 aromatic rings. The number of hydrogen-bond donors (Lipinski definition) is 2. The zero-order valence-electron chi connectivity index (χ0n) is 15.8. The molecule has 4 fully saturated rings. The number of hydrogen-bond acceptors (Lipinski definition) is 5. The van der Waals surface area contributed by atoms with Gasteiger partial charge in [0.1, 0.15) is 0 Å². The van der Waals surface area contributed by atoms with Crippen molar-refractivity contribution in [2.24, 2.45) is 34.7 Å². The van der Waals surface area contributed by atoms with E-state index in [1.807, 2.05) is 0 Å². The van der Waals surface area contributed by atoms with Crippen molar-refractivity contribution in [2.75, 3.05) is 5.32 Å². The van der Waals surface area contributed by atoms with Crippen LogP contribution in [0.15, 0.2) is 29.2 Å². The highest BCUT2D eigenvalue weighted by molar-refractivity contribution is 7.89. The molecular formula is C20H26N2O5S. The highest BCUT2D eigenvalue weighted by Crippen LogP contribution is 2.56. The number of carbonyl (C=O) groups excluding carboxylic acids is 2. The van der Waals surface area contributed by atoms with E-state index in [2.05, 4.69) is 5.32 Å². The van der Waals surface area contributed by atoms with Crippen molar-refractivity contribution in [1.29, 1.82) is 0 Å². The molecule has 1 aromatic carbocycles. The van der Waals surface area contributed by atoms with Gasteiger partial charge in [0.2, 0.25) is 10.0 Å². The van der Waals surface area contributed by atoms with Crippen molar-refractivity contribution in [3.8, 4) is 0 Å². The lowest BCUT2D eigenvalue weighted by Crippen LogP contribution is -2.49. The van der Waals surface area contributed by atoms with Gasteiger partial charge in [0.25, 0.3) is 5.91 Å². The van der Waals surface area contributed by atoms with Crippen LogP contribution in [0.5, 0.6) is 0 Å². The van der Waals surface area contributed by atoms with Crippen LogP contribution in [-0.4, -0.2) is 26.4 Å². The normalized spacial score (nSPS) is 32.0. The van der Waals surface area contributed by atoms with Gasteiger partial charge in [-0.05, 0) is 87.0 Å². The van der Waals surface area contributed by atoms with Gasteiger partial charge >= 0.3 is 5.97 Å². The van der Waals surface area contributed by atoms with E-state index in [1.54, 1.807) is 6.92 Å². The molecular weight excluding hydrogens is 380 g/mol. The second-order valence-electron chi connectivity index (χ2n) is 8.59. The highest BCUT2D eigenvalue weighted by atomic mass is 32.2. The second-order valence-corrected chi connectivity index (χ2v) is 10.2. The maximum atomic E-state index is 12.8. The Morgan fingerprint density at radius 3 is 2.07 bits per heavy atom. The lowest BCUT2D eigenvalue weighted by molar-refractivity contribution is -0.169. The van der Waals surface area contributed by atoms with Gasteiger partial charge in [0.15, 0.2) is 6.10 Å². The van der Waals surface area contributed by atoms with E-state index in [-0.39, 0.29) is 16.8 Å². The van der Waals surface area contributed by atoms with Crippen LogP contribution >= 0.6 is 0 Å². The number of carbonyl (C=O) groups is 2. The van der Waals surface area contributed by atoms with Crippen molar-refractivity contribution in [3.63, 3.8) is 0 Å². The summed E-state index contributed by atoms with van der Waals surface area (Å²) < 4.78 is 28.1. The Kier molecular flexibility index (Phi) is 4.95. The molecule has 0 unspecified atom stereocenters. The summed E-state index contributed by atoms with van der Waals surface area (Å²) in [5.74, 6) is 1.59. The Hall–Kier alpha value is -1.93. The van der Waals surface area contributed by atoms with Crippen LogP contribution in [0.25, 0.3) is 0 Å². The quantitative estimate of drug-likeness (QED) is 0.728. The largest absolute Gasteiger partial charge is 0.452 e. The lowest BCUT2D eigenvalue weighted by atomic mass is 9.52. The van der Waals surface area contributed by atoms with Crippen LogP contribution in [0.1, 0.15) is 39.0 Å². The minimum atomic E-state index is -3.78. The predicted molar refractivity (Wildman–Crippen MR) is 103 cm³/mol. The number of nitrogens with one attached hydrogen (secondary N) is 1. The Bertz CT molecular complexity index is 852. The lowest BCUT2D eigenvalue weighted by Gasteiger charge is -2.53. The van der Waals surface area contributed by atoms with Gasteiger partial charge < -0.3 is 10.1 Å². The third-order valence-corrected chi connectivity index (χ3v) is 7.54. The Balaban J connectivity index is 1.35. The molecule has 5 rings (SSSR count). The average molecular weight is 407 g/mol. The third-order valence-electron chi connectivity index (χ3n) is 6.61. The molecule has 0 saturated heterocycles. The molecule has 0 aliphatic heterocycles. The maximum absolute atomic E-state index is 12.8. The Labute approximate surface area is 165 Å². The van der Waals surface area contributed by atoms with Crippen LogP contribution in [0, 0.1) is 29.6 Å². The minimum Gasteiger partial charge on any atom is -0.452 e. The summed E-state index contributed by atoms with van der Waals surface area (Å²) in [6, 6.07) is 5.53. The van der Waals surface area contributed by atoms with Gasteiger partial charge in [-0.2, -0.15) is 0 Å². The number of benzene rings is 1. The molecule has 7 nitrogen and oxygen atoms in total. The molecule has 0 radical (unpaired) electrons. The zero-order valence-corrected chi connectivity index (χ0v) is 16.7. The van der Waals surface area contributed by atoms with E-state index in [1.165, 1.54) is 30.7 Å². The molecule has 4 aliphatic rings. The summed E-state index contributed by atoms with van der Waals surface area (Å²) in [4.78, 5) is 25.1.